The van der Waals surface area contributed by atoms with E-state index < -0.39 is 23.6 Å². The lowest BCUT2D eigenvalue weighted by molar-refractivity contribution is -0.140. The molecule has 2 heterocycles. The zero-order valence-electron chi connectivity index (χ0n) is 19.0. The minimum Gasteiger partial charge on any atom is -0.480 e. The summed E-state index contributed by atoms with van der Waals surface area (Å²) in [7, 11) is 1.66. The summed E-state index contributed by atoms with van der Waals surface area (Å²) < 4.78 is 12.6. The molecule has 1 atom stereocenters. The molecule has 35 heavy (non-hydrogen) atoms. The molecule has 1 fully saturated rings. The number of carboxylic acid groups (broad SMARTS) is 1. The van der Waals surface area contributed by atoms with E-state index in [1.165, 1.54) is 4.68 Å². The van der Waals surface area contributed by atoms with Gasteiger partial charge in [0.05, 0.1) is 0 Å². The average molecular weight is 474 g/mol. The predicted molar refractivity (Wildman–Crippen MR) is 123 cm³/mol. The maximum atomic E-state index is 12.5. The van der Waals surface area contributed by atoms with E-state index in [0.29, 0.717) is 35.5 Å². The van der Waals surface area contributed by atoms with Crippen LogP contribution >= 0.6 is 0 Å². The number of nitrogens with one attached hydrogen (secondary N) is 1. The molecule has 1 aliphatic rings. The first-order chi connectivity index (χ1) is 16.9. The highest BCUT2D eigenvalue weighted by atomic mass is 16.6. The molecule has 11 nitrogen and oxygen atoms in total. The van der Waals surface area contributed by atoms with Gasteiger partial charge in [-0.3, -0.25) is 10.1 Å². The molecule has 2 aromatic carbocycles. The van der Waals surface area contributed by atoms with Crippen molar-refractivity contribution in [2.45, 2.75) is 31.3 Å². The monoisotopic (exact) mass is 474 g/mol. The SMILES string of the molecule is CC(OC(=O)Nc1c(-c2ccc(-c3nnc(C4(C(=O)O)CC4)o3)cc2)nnn1C)c1ccccc1. The lowest BCUT2D eigenvalue weighted by Gasteiger charge is -2.14. The molecular formula is C24H22N6O5. The molecule has 0 saturated heterocycles. The van der Waals surface area contributed by atoms with Crippen LogP contribution in [0.1, 0.15) is 37.3 Å². The fraction of sp³-hybridized carbons (Fsp3) is 0.250. The summed E-state index contributed by atoms with van der Waals surface area (Å²) in [5, 5.41) is 28.3. The molecule has 0 spiro atoms. The van der Waals surface area contributed by atoms with Crippen molar-refractivity contribution in [3.05, 3.63) is 66.1 Å². The number of nitrogens with zero attached hydrogens (tertiary/aromatic N) is 5. The second kappa shape index (κ2) is 8.67. The smallest absolute Gasteiger partial charge is 0.413 e. The highest BCUT2D eigenvalue weighted by molar-refractivity contribution is 5.89. The Morgan fingerprint density at radius 2 is 1.74 bits per heavy atom. The number of hydrogen-bond donors (Lipinski definition) is 2. The van der Waals surface area contributed by atoms with Gasteiger partial charge in [-0.25, -0.2) is 9.48 Å². The number of aromatic nitrogens is 5. The minimum atomic E-state index is -1.06. The number of carbonyl (C=O) groups excluding carboxylic acids is 1. The van der Waals surface area contributed by atoms with Crippen molar-refractivity contribution in [2.75, 3.05) is 5.32 Å². The molecular weight excluding hydrogens is 452 g/mol. The molecule has 1 saturated carbocycles. The number of amides is 1. The number of aryl methyl sites for hydroxylation is 1. The van der Waals surface area contributed by atoms with Crippen LogP contribution < -0.4 is 5.32 Å². The number of hydrogen-bond acceptors (Lipinski definition) is 8. The van der Waals surface area contributed by atoms with Crippen molar-refractivity contribution < 1.29 is 23.8 Å². The van der Waals surface area contributed by atoms with E-state index in [0.717, 1.165) is 5.56 Å². The quantitative estimate of drug-likeness (QED) is 0.406. The van der Waals surface area contributed by atoms with E-state index in [4.69, 9.17) is 9.15 Å². The zero-order valence-corrected chi connectivity index (χ0v) is 19.0. The first-order valence-electron chi connectivity index (χ1n) is 11.0. The number of carbonyl (C=O) groups is 2. The normalized spacial score (nSPS) is 14.8. The van der Waals surface area contributed by atoms with Gasteiger partial charge in [-0.1, -0.05) is 47.7 Å². The van der Waals surface area contributed by atoms with E-state index in [-0.39, 0.29) is 11.8 Å². The summed E-state index contributed by atoms with van der Waals surface area (Å²) in [6.45, 7) is 1.79. The van der Waals surface area contributed by atoms with E-state index in [2.05, 4.69) is 25.8 Å². The molecule has 1 aliphatic carbocycles. The van der Waals surface area contributed by atoms with Crippen LogP contribution in [0.25, 0.3) is 22.7 Å². The first-order valence-corrected chi connectivity index (χ1v) is 11.0. The summed E-state index contributed by atoms with van der Waals surface area (Å²) >= 11 is 0. The Bertz CT molecular complexity index is 1380. The van der Waals surface area contributed by atoms with E-state index in [1.54, 1.807) is 38.2 Å². The maximum Gasteiger partial charge on any atom is 0.413 e. The van der Waals surface area contributed by atoms with Crippen LogP contribution in [0, 0.1) is 0 Å². The van der Waals surface area contributed by atoms with Crippen LogP contribution in [0.3, 0.4) is 0 Å². The number of aliphatic carboxylic acids is 1. The number of rotatable bonds is 7. The standard InChI is InChI=1S/C24H22N6O5/c1-14(15-6-4-3-5-7-15)34-23(33)25-19-18(26-29-30(19)2)16-8-10-17(11-9-16)20-27-28-21(35-20)24(12-13-24)22(31)32/h3-11,14H,12-13H2,1-2H3,(H,25,33)(H,31,32). The van der Waals surface area contributed by atoms with Gasteiger partial charge in [0, 0.05) is 18.2 Å². The third kappa shape index (κ3) is 4.23. The van der Waals surface area contributed by atoms with Gasteiger partial charge in [-0.2, -0.15) is 0 Å². The molecule has 1 unspecified atom stereocenters. The van der Waals surface area contributed by atoms with E-state index in [1.807, 2.05) is 30.3 Å². The number of benzene rings is 2. The second-order valence-electron chi connectivity index (χ2n) is 8.37. The Balaban J connectivity index is 1.31. The number of carboxylic acids is 1. The summed E-state index contributed by atoms with van der Waals surface area (Å²) in [5.41, 5.74) is 1.59. The average Bonchev–Trinajstić information content (AvgIpc) is 3.40. The fourth-order valence-electron chi connectivity index (χ4n) is 3.72. The van der Waals surface area contributed by atoms with Gasteiger partial charge in [0.1, 0.15) is 17.2 Å². The van der Waals surface area contributed by atoms with Crippen molar-refractivity contribution in [2.24, 2.45) is 7.05 Å². The Morgan fingerprint density at radius 1 is 1.06 bits per heavy atom. The predicted octanol–water partition coefficient (Wildman–Crippen LogP) is 3.96. The molecule has 4 aromatic rings. The largest absolute Gasteiger partial charge is 0.480 e. The maximum absolute atomic E-state index is 12.5. The van der Waals surface area contributed by atoms with Crippen molar-refractivity contribution in [1.29, 1.82) is 0 Å². The van der Waals surface area contributed by atoms with Crippen LogP contribution in [0.2, 0.25) is 0 Å². The lowest BCUT2D eigenvalue weighted by atomic mass is 10.1. The summed E-state index contributed by atoms with van der Waals surface area (Å²) in [4.78, 5) is 24.0. The van der Waals surface area contributed by atoms with Gasteiger partial charge in [-0.15, -0.1) is 15.3 Å². The Morgan fingerprint density at radius 3 is 2.40 bits per heavy atom. The number of anilines is 1. The van der Waals surface area contributed by atoms with Gasteiger partial charge in [-0.05, 0) is 37.5 Å². The summed E-state index contributed by atoms with van der Waals surface area (Å²) in [5.74, 6) is -0.231. The van der Waals surface area contributed by atoms with Gasteiger partial charge < -0.3 is 14.3 Å². The Kier molecular flexibility index (Phi) is 5.51. The summed E-state index contributed by atoms with van der Waals surface area (Å²) in [6.07, 6.45) is -0.0960. The third-order valence-electron chi connectivity index (χ3n) is 6.00. The van der Waals surface area contributed by atoms with Crippen LogP contribution in [0.15, 0.2) is 59.0 Å². The minimum absolute atomic E-state index is 0.118. The van der Waals surface area contributed by atoms with Crippen molar-refractivity contribution in [3.63, 3.8) is 0 Å². The van der Waals surface area contributed by atoms with Crippen molar-refractivity contribution in [3.8, 4) is 22.7 Å². The van der Waals surface area contributed by atoms with Gasteiger partial charge in [0.25, 0.3) is 0 Å². The molecule has 1 amide bonds. The second-order valence-corrected chi connectivity index (χ2v) is 8.37. The Hall–Kier alpha value is -4.54. The molecule has 11 heteroatoms. The Labute approximate surface area is 199 Å². The highest BCUT2D eigenvalue weighted by Crippen LogP contribution is 2.48. The summed E-state index contributed by atoms with van der Waals surface area (Å²) in [6, 6.07) is 16.5. The third-order valence-corrected chi connectivity index (χ3v) is 6.00. The van der Waals surface area contributed by atoms with Gasteiger partial charge in [0.2, 0.25) is 11.8 Å². The van der Waals surface area contributed by atoms with E-state index in [9.17, 15) is 14.7 Å². The first kappa shape index (κ1) is 22.3. The molecule has 0 radical (unpaired) electrons. The van der Waals surface area contributed by atoms with E-state index >= 15 is 0 Å². The molecule has 0 bridgehead atoms. The molecule has 5 rings (SSSR count). The molecule has 2 aromatic heterocycles. The molecule has 178 valence electrons. The lowest BCUT2D eigenvalue weighted by Crippen LogP contribution is -2.19. The van der Waals surface area contributed by atoms with Crippen LogP contribution in [-0.4, -0.2) is 42.4 Å². The fourth-order valence-corrected chi connectivity index (χ4v) is 3.72. The topological polar surface area (TPSA) is 145 Å². The van der Waals surface area contributed by atoms with Crippen LogP contribution in [-0.2, 0) is 22.0 Å². The van der Waals surface area contributed by atoms with Gasteiger partial charge >= 0.3 is 12.1 Å². The van der Waals surface area contributed by atoms with Gasteiger partial charge in [0.15, 0.2) is 5.82 Å². The number of ether oxygens (including phenoxy) is 1. The molecule has 2 N–H and O–H groups in total. The van der Waals surface area contributed by atoms with Crippen LogP contribution in [0.4, 0.5) is 10.6 Å². The zero-order chi connectivity index (χ0) is 24.6. The van der Waals surface area contributed by atoms with Crippen molar-refractivity contribution in [1.82, 2.24) is 25.2 Å². The molecule has 0 aliphatic heterocycles. The highest BCUT2D eigenvalue weighted by Gasteiger charge is 2.56. The van der Waals surface area contributed by atoms with Crippen molar-refractivity contribution >= 4 is 17.9 Å². The van der Waals surface area contributed by atoms with Crippen LogP contribution in [0.5, 0.6) is 0 Å².